The minimum Gasteiger partial charge on any atom is -0.382 e. The van der Waals surface area contributed by atoms with Crippen LogP contribution in [0.4, 0.5) is 0 Å². The lowest BCUT2D eigenvalue weighted by molar-refractivity contribution is 0.0223. The van der Waals surface area contributed by atoms with E-state index in [1.165, 1.54) is 11.1 Å². The van der Waals surface area contributed by atoms with E-state index in [0.29, 0.717) is 32.3 Å². The molecule has 0 aromatic heterocycles. The molecule has 21 heavy (non-hydrogen) atoms. The molecule has 1 aromatic rings. The van der Waals surface area contributed by atoms with Gasteiger partial charge in [-0.05, 0) is 36.8 Å². The normalized spacial score (nSPS) is 12.5. The maximum Gasteiger partial charge on any atom is 0.0701 e. The Kier molecular flexibility index (Phi) is 10.8. The van der Waals surface area contributed by atoms with Crippen LogP contribution in [0.15, 0.2) is 24.3 Å². The predicted molar refractivity (Wildman–Crippen MR) is 90.3 cm³/mol. The molecule has 0 heterocycles. The van der Waals surface area contributed by atoms with Crippen LogP contribution in [0, 0.1) is 12.8 Å². The molecule has 1 aromatic carbocycles. The topological polar surface area (TPSA) is 27.7 Å². The Hall–Kier alpha value is -0.420. The van der Waals surface area contributed by atoms with Gasteiger partial charge < -0.3 is 14.2 Å². The number of rotatable bonds is 12. The third kappa shape index (κ3) is 8.57. The zero-order chi connectivity index (χ0) is 15.3. The smallest absolute Gasteiger partial charge is 0.0701 e. The summed E-state index contributed by atoms with van der Waals surface area (Å²) in [6.45, 7) is 5.53. The average Bonchev–Trinajstić information content (AvgIpc) is 2.50. The minimum atomic E-state index is 0.612. The highest BCUT2D eigenvalue weighted by Gasteiger charge is 2.09. The van der Waals surface area contributed by atoms with Gasteiger partial charge in [0, 0.05) is 19.0 Å². The molecule has 1 rings (SSSR count). The largest absolute Gasteiger partial charge is 0.382 e. The van der Waals surface area contributed by atoms with Crippen LogP contribution >= 0.6 is 15.9 Å². The molecule has 0 saturated carbocycles. The minimum absolute atomic E-state index is 0.612. The molecule has 0 aliphatic heterocycles. The number of alkyl halides is 1. The first kappa shape index (κ1) is 18.6. The van der Waals surface area contributed by atoms with Gasteiger partial charge in [-0.25, -0.2) is 0 Å². The average molecular weight is 359 g/mol. The van der Waals surface area contributed by atoms with Gasteiger partial charge in [0.2, 0.25) is 0 Å². The molecule has 3 nitrogen and oxygen atoms in total. The van der Waals surface area contributed by atoms with Gasteiger partial charge >= 0.3 is 0 Å². The van der Waals surface area contributed by atoms with E-state index in [4.69, 9.17) is 14.2 Å². The summed E-state index contributed by atoms with van der Waals surface area (Å²) in [4.78, 5) is 0. The molecule has 1 unspecified atom stereocenters. The van der Waals surface area contributed by atoms with Crippen LogP contribution < -0.4 is 0 Å². The Balaban J connectivity index is 2.13. The van der Waals surface area contributed by atoms with Crippen LogP contribution in [0.1, 0.15) is 17.5 Å². The van der Waals surface area contributed by atoms with E-state index >= 15 is 0 Å². The van der Waals surface area contributed by atoms with Crippen molar-refractivity contribution in [2.75, 3.05) is 45.5 Å². The molecular weight excluding hydrogens is 332 g/mol. The molecule has 0 fully saturated rings. The molecule has 120 valence electrons. The Morgan fingerprint density at radius 3 is 2.33 bits per heavy atom. The summed E-state index contributed by atoms with van der Waals surface area (Å²) in [5.41, 5.74) is 2.81. The first-order chi connectivity index (χ1) is 10.3. The standard InChI is InChI=1S/C17H27BrO3/c1-15-5-3-4-6-17(15)13-16(14-18)7-8-20-11-12-21-10-9-19-2/h3-6,16H,7-14H2,1-2H3. The first-order valence-electron chi connectivity index (χ1n) is 7.52. The van der Waals surface area contributed by atoms with Gasteiger partial charge in [0.05, 0.1) is 26.4 Å². The third-order valence-electron chi connectivity index (χ3n) is 3.46. The van der Waals surface area contributed by atoms with Crippen LogP contribution in [-0.2, 0) is 20.6 Å². The Bertz CT molecular complexity index is 371. The van der Waals surface area contributed by atoms with Crippen LogP contribution in [0.2, 0.25) is 0 Å². The van der Waals surface area contributed by atoms with E-state index in [-0.39, 0.29) is 0 Å². The second-order valence-corrected chi connectivity index (χ2v) is 5.80. The SMILES string of the molecule is COCCOCCOCCC(CBr)Cc1ccccc1C. The van der Waals surface area contributed by atoms with Crippen molar-refractivity contribution in [3.8, 4) is 0 Å². The number of halogens is 1. The summed E-state index contributed by atoms with van der Waals surface area (Å²) in [7, 11) is 1.68. The van der Waals surface area contributed by atoms with E-state index in [1.807, 2.05) is 0 Å². The highest BCUT2D eigenvalue weighted by molar-refractivity contribution is 9.09. The number of hydrogen-bond donors (Lipinski definition) is 0. The number of methoxy groups -OCH3 is 1. The van der Waals surface area contributed by atoms with Crippen molar-refractivity contribution in [3.63, 3.8) is 0 Å². The summed E-state index contributed by atoms with van der Waals surface area (Å²) in [5.74, 6) is 0.612. The van der Waals surface area contributed by atoms with Gasteiger partial charge in [-0.2, -0.15) is 0 Å². The van der Waals surface area contributed by atoms with Crippen molar-refractivity contribution < 1.29 is 14.2 Å². The van der Waals surface area contributed by atoms with Crippen LogP contribution in [-0.4, -0.2) is 45.5 Å². The number of aryl methyl sites for hydroxylation is 1. The maximum atomic E-state index is 5.63. The first-order valence-corrected chi connectivity index (χ1v) is 8.65. The molecule has 0 amide bonds. The van der Waals surface area contributed by atoms with Crippen molar-refractivity contribution in [3.05, 3.63) is 35.4 Å². The molecule has 0 bridgehead atoms. The van der Waals surface area contributed by atoms with Crippen molar-refractivity contribution in [1.29, 1.82) is 0 Å². The lowest BCUT2D eigenvalue weighted by atomic mass is 9.95. The van der Waals surface area contributed by atoms with E-state index in [2.05, 4.69) is 47.1 Å². The number of hydrogen-bond acceptors (Lipinski definition) is 3. The number of benzene rings is 1. The highest BCUT2D eigenvalue weighted by atomic mass is 79.9. The fourth-order valence-corrected chi connectivity index (χ4v) is 2.65. The molecule has 0 spiro atoms. The number of ether oxygens (including phenoxy) is 3. The summed E-state index contributed by atoms with van der Waals surface area (Å²) < 4.78 is 15.9. The fourth-order valence-electron chi connectivity index (χ4n) is 2.10. The van der Waals surface area contributed by atoms with E-state index in [0.717, 1.165) is 24.8 Å². The van der Waals surface area contributed by atoms with Crippen LogP contribution in [0.5, 0.6) is 0 Å². The van der Waals surface area contributed by atoms with Gasteiger partial charge in [0.1, 0.15) is 0 Å². The van der Waals surface area contributed by atoms with Gasteiger partial charge in [-0.3, -0.25) is 0 Å². The van der Waals surface area contributed by atoms with Gasteiger partial charge in [-0.1, -0.05) is 40.2 Å². The highest BCUT2D eigenvalue weighted by Crippen LogP contribution is 2.17. The Morgan fingerprint density at radius 2 is 1.67 bits per heavy atom. The molecular formula is C17H27BrO3. The zero-order valence-corrected chi connectivity index (χ0v) is 14.7. The van der Waals surface area contributed by atoms with Crippen molar-refractivity contribution in [2.24, 2.45) is 5.92 Å². The second-order valence-electron chi connectivity index (χ2n) is 5.16. The van der Waals surface area contributed by atoms with Gasteiger partial charge in [0.25, 0.3) is 0 Å². The lowest BCUT2D eigenvalue weighted by Gasteiger charge is -2.15. The van der Waals surface area contributed by atoms with Crippen molar-refractivity contribution >= 4 is 15.9 Å². The fraction of sp³-hybridized carbons (Fsp3) is 0.647. The molecule has 0 radical (unpaired) electrons. The molecule has 0 saturated heterocycles. The Labute approximate surface area is 137 Å². The second kappa shape index (κ2) is 12.2. The van der Waals surface area contributed by atoms with Crippen LogP contribution in [0.3, 0.4) is 0 Å². The monoisotopic (exact) mass is 358 g/mol. The predicted octanol–water partition coefficient (Wildman–Crippen LogP) is 3.62. The summed E-state index contributed by atoms with van der Waals surface area (Å²) in [6, 6.07) is 8.60. The van der Waals surface area contributed by atoms with Gasteiger partial charge in [-0.15, -0.1) is 0 Å². The van der Waals surface area contributed by atoms with E-state index in [1.54, 1.807) is 7.11 Å². The lowest BCUT2D eigenvalue weighted by Crippen LogP contribution is -2.13. The maximum absolute atomic E-state index is 5.63. The van der Waals surface area contributed by atoms with Crippen molar-refractivity contribution in [1.82, 2.24) is 0 Å². The van der Waals surface area contributed by atoms with Gasteiger partial charge in [0.15, 0.2) is 0 Å². The molecule has 0 aliphatic rings. The third-order valence-corrected chi connectivity index (χ3v) is 4.38. The molecule has 0 aliphatic carbocycles. The summed E-state index contributed by atoms with van der Waals surface area (Å²) in [5, 5.41) is 1.01. The quantitative estimate of drug-likeness (QED) is 0.421. The molecule has 4 heteroatoms. The zero-order valence-electron chi connectivity index (χ0n) is 13.1. The Morgan fingerprint density at radius 1 is 1.00 bits per heavy atom. The summed E-state index contributed by atoms with van der Waals surface area (Å²) >= 11 is 3.62. The van der Waals surface area contributed by atoms with E-state index in [9.17, 15) is 0 Å². The van der Waals surface area contributed by atoms with Crippen LogP contribution in [0.25, 0.3) is 0 Å². The summed E-state index contributed by atoms with van der Waals surface area (Å²) in [6.07, 6.45) is 2.17. The van der Waals surface area contributed by atoms with Crippen molar-refractivity contribution in [2.45, 2.75) is 19.8 Å². The van der Waals surface area contributed by atoms with E-state index < -0.39 is 0 Å². The molecule has 1 atom stereocenters. The molecule has 0 N–H and O–H groups in total.